The molecule has 3 unspecified atom stereocenters. The van der Waals surface area contributed by atoms with E-state index < -0.39 is 18.0 Å². The molecule has 7 heteroatoms. The lowest BCUT2D eigenvalue weighted by Gasteiger charge is -2.32. The van der Waals surface area contributed by atoms with Gasteiger partial charge in [0, 0.05) is 0 Å². The number of aliphatic hydroxyl groups excluding tert-OH is 2. The molecule has 0 aliphatic heterocycles. The standard InChI is InChI=1S/C27H40O7/c1-3-4-5-8-20(28)10-11-21-22-13-18-7-6-9-25(23(18)14-19(22)15-24(21)29)33-16-27(32)34-17(2)12-26(30)31/h6-7,9,17,19-22,24,28-29H,3-5,8,10-16H2,1-2H3,(H,30,31)/t17?,19-,20-,21?,22?,24+/m0/s1. The van der Waals surface area contributed by atoms with Crippen molar-refractivity contribution < 1.29 is 34.4 Å². The first-order valence-electron chi connectivity index (χ1n) is 12.8. The Morgan fingerprint density at radius 1 is 1.18 bits per heavy atom. The normalized spacial score (nSPS) is 25.2. The summed E-state index contributed by atoms with van der Waals surface area (Å²) >= 11 is 0. The topological polar surface area (TPSA) is 113 Å². The van der Waals surface area contributed by atoms with E-state index in [1.165, 1.54) is 5.56 Å². The predicted octanol–water partition coefficient (Wildman–Crippen LogP) is 3.91. The third-order valence-electron chi connectivity index (χ3n) is 7.46. The van der Waals surface area contributed by atoms with Crippen LogP contribution in [-0.2, 0) is 27.2 Å². The maximum absolute atomic E-state index is 12.1. The highest BCUT2D eigenvalue weighted by Gasteiger charge is 2.44. The van der Waals surface area contributed by atoms with E-state index in [0.29, 0.717) is 17.6 Å². The number of hydrogen-bond acceptors (Lipinski definition) is 6. The monoisotopic (exact) mass is 476 g/mol. The number of hydrogen-bond donors (Lipinski definition) is 3. The Bertz CT molecular complexity index is 823. The van der Waals surface area contributed by atoms with E-state index >= 15 is 0 Å². The highest BCUT2D eigenvalue weighted by atomic mass is 16.6. The maximum Gasteiger partial charge on any atom is 0.344 e. The van der Waals surface area contributed by atoms with Crippen molar-refractivity contribution in [1.29, 1.82) is 0 Å². The number of carboxylic acid groups (broad SMARTS) is 1. The van der Waals surface area contributed by atoms with E-state index in [1.54, 1.807) is 6.92 Å². The minimum Gasteiger partial charge on any atom is -0.482 e. The number of esters is 1. The van der Waals surface area contributed by atoms with Gasteiger partial charge in [-0.1, -0.05) is 38.3 Å². The van der Waals surface area contributed by atoms with Crippen molar-refractivity contribution in [3.05, 3.63) is 29.3 Å². The zero-order valence-corrected chi connectivity index (χ0v) is 20.4. The van der Waals surface area contributed by atoms with Crippen LogP contribution in [0.1, 0.15) is 76.3 Å². The van der Waals surface area contributed by atoms with Crippen LogP contribution in [0.5, 0.6) is 5.75 Å². The molecular weight excluding hydrogens is 436 g/mol. The van der Waals surface area contributed by atoms with E-state index in [1.807, 2.05) is 12.1 Å². The second-order valence-corrected chi connectivity index (χ2v) is 10.1. The summed E-state index contributed by atoms with van der Waals surface area (Å²) in [5, 5.41) is 30.0. The van der Waals surface area contributed by atoms with Crippen LogP contribution in [0.3, 0.4) is 0 Å². The average Bonchev–Trinajstić information content (AvgIpc) is 3.08. The average molecular weight is 477 g/mol. The zero-order chi connectivity index (χ0) is 24.7. The minimum atomic E-state index is -1.02. The quantitative estimate of drug-likeness (QED) is 0.292. The molecule has 1 saturated carbocycles. The first-order chi connectivity index (χ1) is 16.3. The Morgan fingerprint density at radius 3 is 2.71 bits per heavy atom. The molecule has 6 atom stereocenters. The molecule has 0 bridgehead atoms. The van der Waals surface area contributed by atoms with Gasteiger partial charge < -0.3 is 24.8 Å². The van der Waals surface area contributed by atoms with Crippen LogP contribution in [0.25, 0.3) is 0 Å². The Labute approximate surface area is 202 Å². The van der Waals surface area contributed by atoms with Gasteiger partial charge in [-0.05, 0) is 80.4 Å². The molecule has 7 nitrogen and oxygen atoms in total. The number of carbonyl (C=O) groups excluding carboxylic acids is 1. The van der Waals surface area contributed by atoms with E-state index in [-0.39, 0.29) is 31.2 Å². The lowest BCUT2D eigenvalue weighted by Crippen LogP contribution is -2.28. The fraction of sp³-hybridized carbons (Fsp3) is 0.704. The van der Waals surface area contributed by atoms with Crippen molar-refractivity contribution in [3.8, 4) is 5.75 Å². The summed E-state index contributed by atoms with van der Waals surface area (Å²) in [6, 6.07) is 5.86. The van der Waals surface area contributed by atoms with Crippen molar-refractivity contribution in [2.24, 2.45) is 17.8 Å². The zero-order valence-electron chi connectivity index (χ0n) is 20.4. The van der Waals surface area contributed by atoms with Crippen molar-refractivity contribution in [3.63, 3.8) is 0 Å². The Kier molecular flexibility index (Phi) is 9.77. The van der Waals surface area contributed by atoms with Gasteiger partial charge in [0.25, 0.3) is 0 Å². The van der Waals surface area contributed by atoms with Crippen molar-refractivity contribution >= 4 is 11.9 Å². The first kappa shape index (κ1) is 26.5. The SMILES string of the molecule is CCCCC[C@H](O)CCC1C2Cc3cccc(OCC(=O)OC(C)CC(=O)O)c3C[C@H]2C[C@H]1O. The molecule has 2 aliphatic rings. The largest absolute Gasteiger partial charge is 0.482 e. The van der Waals surface area contributed by atoms with Crippen LogP contribution in [0.4, 0.5) is 0 Å². The summed E-state index contributed by atoms with van der Waals surface area (Å²) in [7, 11) is 0. The first-order valence-corrected chi connectivity index (χ1v) is 12.8. The molecule has 3 N–H and O–H groups in total. The van der Waals surface area contributed by atoms with Crippen LogP contribution in [0.2, 0.25) is 0 Å². The fourth-order valence-corrected chi connectivity index (χ4v) is 5.78. The number of aliphatic carboxylic acids is 1. The summed E-state index contributed by atoms with van der Waals surface area (Å²) in [6.45, 7) is 3.44. The van der Waals surface area contributed by atoms with Gasteiger partial charge in [0.2, 0.25) is 0 Å². The number of benzene rings is 1. The van der Waals surface area contributed by atoms with E-state index in [9.17, 15) is 19.8 Å². The fourth-order valence-electron chi connectivity index (χ4n) is 5.78. The number of unbranched alkanes of at least 4 members (excludes halogenated alkanes) is 2. The Hall–Kier alpha value is -2.12. The molecule has 0 saturated heterocycles. The minimum absolute atomic E-state index is 0.203. The van der Waals surface area contributed by atoms with Crippen molar-refractivity contribution in [2.45, 2.75) is 96.4 Å². The highest BCUT2D eigenvalue weighted by Crippen LogP contribution is 2.48. The molecule has 190 valence electrons. The van der Waals surface area contributed by atoms with Gasteiger partial charge in [-0.3, -0.25) is 4.79 Å². The molecular formula is C27H40O7. The number of aliphatic hydroxyl groups is 2. The molecule has 1 aromatic carbocycles. The summed E-state index contributed by atoms with van der Waals surface area (Å²) in [6.07, 6.45) is 6.62. The second-order valence-electron chi connectivity index (χ2n) is 10.1. The molecule has 1 fully saturated rings. The lowest BCUT2D eigenvalue weighted by atomic mass is 9.73. The third-order valence-corrected chi connectivity index (χ3v) is 7.46. The number of rotatable bonds is 13. The van der Waals surface area contributed by atoms with Gasteiger partial charge >= 0.3 is 11.9 Å². The third kappa shape index (κ3) is 7.19. The second kappa shape index (κ2) is 12.5. The lowest BCUT2D eigenvalue weighted by molar-refractivity contribution is -0.153. The van der Waals surface area contributed by atoms with Crippen molar-refractivity contribution in [1.82, 2.24) is 0 Å². The van der Waals surface area contributed by atoms with E-state index in [4.69, 9.17) is 14.6 Å². The van der Waals surface area contributed by atoms with Gasteiger partial charge in [0.15, 0.2) is 6.61 Å². The Balaban J connectivity index is 1.57. The molecule has 3 rings (SSSR count). The Morgan fingerprint density at radius 2 is 1.97 bits per heavy atom. The van der Waals surface area contributed by atoms with Crippen molar-refractivity contribution in [2.75, 3.05) is 6.61 Å². The number of fused-ring (bicyclic) bond motifs is 2. The highest BCUT2D eigenvalue weighted by molar-refractivity contribution is 5.72. The summed E-state index contributed by atoms with van der Waals surface area (Å²) in [4.78, 5) is 22.8. The molecule has 0 aromatic heterocycles. The molecule has 2 aliphatic carbocycles. The molecule has 0 heterocycles. The molecule has 1 aromatic rings. The maximum atomic E-state index is 12.1. The predicted molar refractivity (Wildman–Crippen MR) is 128 cm³/mol. The summed E-state index contributed by atoms with van der Waals surface area (Å²) in [5.74, 6) is 0.00150. The molecule has 34 heavy (non-hydrogen) atoms. The number of carboxylic acids is 1. The molecule has 0 radical (unpaired) electrons. The summed E-state index contributed by atoms with van der Waals surface area (Å²) in [5.41, 5.74) is 2.27. The van der Waals surface area contributed by atoms with E-state index in [2.05, 4.69) is 13.0 Å². The molecule has 0 amide bonds. The van der Waals surface area contributed by atoms with Gasteiger partial charge in [0.05, 0.1) is 18.6 Å². The van der Waals surface area contributed by atoms with Gasteiger partial charge in [-0.2, -0.15) is 0 Å². The van der Waals surface area contributed by atoms with Gasteiger partial charge in [0.1, 0.15) is 11.9 Å². The molecule has 0 spiro atoms. The van der Waals surface area contributed by atoms with Crippen LogP contribution >= 0.6 is 0 Å². The summed E-state index contributed by atoms with van der Waals surface area (Å²) < 4.78 is 10.9. The van der Waals surface area contributed by atoms with Crippen LogP contribution in [-0.4, -0.2) is 52.2 Å². The van der Waals surface area contributed by atoms with Crippen LogP contribution < -0.4 is 4.74 Å². The van der Waals surface area contributed by atoms with Crippen LogP contribution in [0, 0.1) is 17.8 Å². The number of carbonyl (C=O) groups is 2. The number of ether oxygens (including phenoxy) is 2. The van der Waals surface area contributed by atoms with Gasteiger partial charge in [-0.25, -0.2) is 4.79 Å². The van der Waals surface area contributed by atoms with E-state index in [0.717, 1.165) is 63.4 Å². The van der Waals surface area contributed by atoms with Gasteiger partial charge in [-0.15, -0.1) is 0 Å². The smallest absolute Gasteiger partial charge is 0.344 e. The van der Waals surface area contributed by atoms with Crippen LogP contribution in [0.15, 0.2) is 18.2 Å².